The zero-order chi connectivity index (χ0) is 19.3. The van der Waals surface area contributed by atoms with E-state index >= 15 is 0 Å². The fraction of sp³-hybridized carbons (Fsp3) is 0.250. The van der Waals surface area contributed by atoms with Crippen LogP contribution in [0.1, 0.15) is 10.5 Å². The van der Waals surface area contributed by atoms with Crippen LogP contribution in [0.2, 0.25) is 5.02 Å². The van der Waals surface area contributed by atoms with Crippen molar-refractivity contribution >= 4 is 49.8 Å². The number of halogens is 1. The van der Waals surface area contributed by atoms with Crippen molar-refractivity contribution in [2.45, 2.75) is 0 Å². The first-order chi connectivity index (χ1) is 13.6. The van der Waals surface area contributed by atoms with E-state index < -0.39 is 0 Å². The van der Waals surface area contributed by atoms with Crippen LogP contribution in [0.5, 0.6) is 0 Å². The minimum absolute atomic E-state index is 0.0274. The molecule has 3 aromatic heterocycles. The van der Waals surface area contributed by atoms with Crippen molar-refractivity contribution in [2.24, 2.45) is 0 Å². The highest BCUT2D eigenvalue weighted by Gasteiger charge is 2.26. The second-order valence-electron chi connectivity index (χ2n) is 6.98. The highest BCUT2D eigenvalue weighted by molar-refractivity contribution is 7.17. The number of carbonyl (C=O) groups excluding carboxylic acids is 1. The Bertz CT molecular complexity index is 1170. The summed E-state index contributed by atoms with van der Waals surface area (Å²) in [7, 11) is 2.07. The maximum atomic E-state index is 13.3. The molecule has 0 saturated carbocycles. The lowest BCUT2D eigenvalue weighted by Gasteiger charge is -2.32. The molecule has 0 atom stereocenters. The van der Waals surface area contributed by atoms with Crippen molar-refractivity contribution in [2.75, 3.05) is 33.2 Å². The minimum atomic E-state index is -0.0274. The number of nitrogens with zero attached hydrogens (tertiary/aromatic N) is 5. The third-order valence-corrected chi connectivity index (χ3v) is 6.30. The summed E-state index contributed by atoms with van der Waals surface area (Å²) in [4.78, 5) is 21.8. The third kappa shape index (κ3) is 2.87. The van der Waals surface area contributed by atoms with Gasteiger partial charge in [-0.3, -0.25) is 4.79 Å². The molecule has 1 aliphatic heterocycles. The molecule has 4 aromatic rings. The fourth-order valence-corrected chi connectivity index (χ4v) is 4.53. The third-order valence-electron chi connectivity index (χ3n) is 5.20. The van der Waals surface area contributed by atoms with Crippen LogP contribution in [-0.2, 0) is 0 Å². The molecule has 8 heteroatoms. The average molecular weight is 412 g/mol. The molecule has 0 spiro atoms. The minimum Gasteiger partial charge on any atom is -0.335 e. The zero-order valence-corrected chi connectivity index (χ0v) is 16.9. The Morgan fingerprint density at radius 1 is 1.07 bits per heavy atom. The molecule has 1 amide bonds. The average Bonchev–Trinajstić information content (AvgIpc) is 3.33. The van der Waals surface area contributed by atoms with E-state index in [4.69, 9.17) is 16.7 Å². The number of thiophene rings is 1. The topological polar surface area (TPSA) is 54.3 Å². The summed E-state index contributed by atoms with van der Waals surface area (Å²) in [5.74, 6) is 0.617. The summed E-state index contributed by atoms with van der Waals surface area (Å²) in [6.07, 6.45) is 1.60. The van der Waals surface area contributed by atoms with Gasteiger partial charge < -0.3 is 9.80 Å². The molecule has 1 saturated heterocycles. The van der Waals surface area contributed by atoms with Crippen LogP contribution in [0.3, 0.4) is 0 Å². The summed E-state index contributed by atoms with van der Waals surface area (Å²) in [6.45, 7) is 3.17. The van der Waals surface area contributed by atoms with E-state index in [1.165, 1.54) is 0 Å². The monoisotopic (exact) mass is 411 g/mol. The second-order valence-corrected chi connectivity index (χ2v) is 8.37. The van der Waals surface area contributed by atoms with E-state index in [1.807, 2.05) is 17.0 Å². The predicted octanol–water partition coefficient (Wildman–Crippen LogP) is 3.68. The first kappa shape index (κ1) is 17.6. The number of amides is 1. The molecule has 142 valence electrons. The van der Waals surface area contributed by atoms with Gasteiger partial charge in [0.25, 0.3) is 5.91 Å². The van der Waals surface area contributed by atoms with Gasteiger partial charge in [-0.1, -0.05) is 11.6 Å². The van der Waals surface area contributed by atoms with Gasteiger partial charge in [-0.15, -0.1) is 11.3 Å². The van der Waals surface area contributed by atoms with E-state index in [1.54, 1.807) is 28.3 Å². The van der Waals surface area contributed by atoms with E-state index in [-0.39, 0.29) is 5.91 Å². The smallest absolute Gasteiger partial charge is 0.275 e. The standard InChI is InChI=1S/C20H18ClN5OS/c1-24-7-9-25(10-8-24)20(27)18-15-3-4-16-14(6-11-28-16)19(15)26(23-18)17-5-2-13(21)12-22-17/h2-6,11-12H,7-10H2,1H3. The Morgan fingerprint density at radius 2 is 1.89 bits per heavy atom. The van der Waals surface area contributed by atoms with Gasteiger partial charge in [-0.05, 0) is 42.8 Å². The van der Waals surface area contributed by atoms with Gasteiger partial charge in [-0.2, -0.15) is 5.10 Å². The van der Waals surface area contributed by atoms with Crippen LogP contribution in [0, 0.1) is 0 Å². The van der Waals surface area contributed by atoms with E-state index in [0.29, 0.717) is 29.6 Å². The van der Waals surface area contributed by atoms with Gasteiger partial charge in [0.15, 0.2) is 11.5 Å². The molecule has 0 bridgehead atoms. The highest BCUT2D eigenvalue weighted by Crippen LogP contribution is 2.33. The zero-order valence-electron chi connectivity index (χ0n) is 15.3. The number of fused-ring (bicyclic) bond motifs is 3. The molecule has 28 heavy (non-hydrogen) atoms. The lowest BCUT2D eigenvalue weighted by atomic mass is 10.1. The van der Waals surface area contributed by atoms with Crippen molar-refractivity contribution in [1.29, 1.82) is 0 Å². The Hall–Kier alpha value is -2.48. The van der Waals surface area contributed by atoms with Gasteiger partial charge >= 0.3 is 0 Å². The molecular formula is C20H18ClN5OS. The lowest BCUT2D eigenvalue weighted by molar-refractivity contribution is 0.0659. The summed E-state index contributed by atoms with van der Waals surface area (Å²) in [5, 5.41) is 9.27. The molecule has 0 N–H and O–H groups in total. The van der Waals surface area contributed by atoms with Gasteiger partial charge in [-0.25, -0.2) is 9.67 Å². The van der Waals surface area contributed by atoms with Crippen LogP contribution in [-0.4, -0.2) is 63.7 Å². The summed E-state index contributed by atoms with van der Waals surface area (Å²) in [5.41, 5.74) is 1.38. The van der Waals surface area contributed by atoms with E-state index in [9.17, 15) is 4.79 Å². The van der Waals surface area contributed by atoms with Crippen LogP contribution in [0.25, 0.3) is 26.8 Å². The maximum Gasteiger partial charge on any atom is 0.275 e. The molecule has 5 rings (SSSR count). The van der Waals surface area contributed by atoms with Gasteiger partial charge in [0.2, 0.25) is 0 Å². The van der Waals surface area contributed by atoms with Crippen molar-refractivity contribution < 1.29 is 4.79 Å². The Labute approximate surface area is 170 Å². The SMILES string of the molecule is CN1CCN(C(=O)c2nn(-c3ccc(Cl)cn3)c3c2ccc2sccc23)CC1. The van der Waals surface area contributed by atoms with Crippen LogP contribution in [0.4, 0.5) is 0 Å². The summed E-state index contributed by atoms with van der Waals surface area (Å²) in [6, 6.07) is 9.74. The summed E-state index contributed by atoms with van der Waals surface area (Å²) < 4.78 is 2.92. The molecule has 1 fully saturated rings. The Balaban J connectivity index is 1.70. The normalized spacial score (nSPS) is 15.6. The number of piperazine rings is 1. The largest absolute Gasteiger partial charge is 0.335 e. The van der Waals surface area contributed by atoms with Gasteiger partial charge in [0, 0.05) is 47.8 Å². The quantitative estimate of drug-likeness (QED) is 0.505. The predicted molar refractivity (Wildman–Crippen MR) is 113 cm³/mol. The molecule has 4 heterocycles. The van der Waals surface area contributed by atoms with Crippen LogP contribution >= 0.6 is 22.9 Å². The highest BCUT2D eigenvalue weighted by atomic mass is 35.5. The first-order valence-corrected chi connectivity index (χ1v) is 10.4. The molecule has 6 nitrogen and oxygen atoms in total. The molecule has 0 aliphatic carbocycles. The maximum absolute atomic E-state index is 13.3. The first-order valence-electron chi connectivity index (χ1n) is 9.10. The number of likely N-dealkylation sites (N-methyl/N-ethyl adjacent to an activating group) is 1. The molecule has 0 unspecified atom stereocenters. The van der Waals surface area contributed by atoms with E-state index in [0.717, 1.165) is 34.1 Å². The van der Waals surface area contributed by atoms with Crippen molar-refractivity contribution in [3.63, 3.8) is 0 Å². The molecule has 1 aliphatic rings. The second kappa shape index (κ2) is 6.84. The summed E-state index contributed by atoms with van der Waals surface area (Å²) >= 11 is 7.68. The lowest BCUT2D eigenvalue weighted by Crippen LogP contribution is -2.47. The fourth-order valence-electron chi connectivity index (χ4n) is 3.63. The van der Waals surface area contributed by atoms with Crippen molar-refractivity contribution in [3.8, 4) is 5.82 Å². The Kier molecular flexibility index (Phi) is 4.30. The van der Waals surface area contributed by atoms with Crippen LogP contribution < -0.4 is 0 Å². The van der Waals surface area contributed by atoms with Crippen LogP contribution in [0.15, 0.2) is 41.9 Å². The number of rotatable bonds is 2. The Morgan fingerprint density at radius 3 is 2.64 bits per heavy atom. The number of carbonyl (C=O) groups is 1. The van der Waals surface area contributed by atoms with Crippen molar-refractivity contribution in [1.82, 2.24) is 24.6 Å². The number of hydrogen-bond acceptors (Lipinski definition) is 5. The number of benzene rings is 1. The van der Waals surface area contributed by atoms with Gasteiger partial charge in [0.1, 0.15) is 0 Å². The number of aromatic nitrogens is 3. The van der Waals surface area contributed by atoms with Crippen molar-refractivity contribution in [3.05, 3.63) is 52.6 Å². The van der Waals surface area contributed by atoms with Gasteiger partial charge in [0.05, 0.1) is 10.5 Å². The molecule has 1 aromatic carbocycles. The molecular weight excluding hydrogens is 394 g/mol. The number of pyridine rings is 1. The number of hydrogen-bond donors (Lipinski definition) is 0. The van der Waals surface area contributed by atoms with E-state index in [2.05, 4.69) is 34.4 Å². The molecule has 0 radical (unpaired) electrons.